The third-order valence-electron chi connectivity index (χ3n) is 2.72. The number of benzene rings is 1. The molecule has 1 aliphatic rings. The standard InChI is InChI=1S/C11H14BrN3O2S2/c1-8(2)15(7-6-12)19(16,17)10-5-3-4-9-11(10)14-18-13-9/h3-5,8H,6-7H2,1-2H3. The number of halogens is 1. The molecule has 0 unspecified atom stereocenters. The summed E-state index contributed by atoms with van der Waals surface area (Å²) in [6, 6.07) is 4.94. The second-order valence-corrected chi connectivity index (χ2v) is 7.47. The molecule has 0 aromatic heterocycles. The van der Waals surface area contributed by atoms with Crippen LogP contribution in [0.3, 0.4) is 0 Å². The first-order valence-corrected chi connectivity index (χ1v) is 9.06. The smallest absolute Gasteiger partial charge is 0.207 e. The molecule has 0 saturated carbocycles. The van der Waals surface area contributed by atoms with E-state index in [1.165, 1.54) is 4.31 Å². The van der Waals surface area contributed by atoms with Crippen molar-refractivity contribution in [1.29, 1.82) is 0 Å². The normalized spacial score (nSPS) is 13.9. The zero-order valence-electron chi connectivity index (χ0n) is 10.6. The summed E-state index contributed by atoms with van der Waals surface area (Å²) >= 11 is 4.32. The van der Waals surface area contributed by atoms with E-state index in [9.17, 15) is 8.42 Å². The molecular formula is C11H14BrN3O2S2. The van der Waals surface area contributed by atoms with Gasteiger partial charge in [-0.2, -0.15) is 13.0 Å². The van der Waals surface area contributed by atoms with E-state index in [-0.39, 0.29) is 10.9 Å². The predicted molar refractivity (Wildman–Crippen MR) is 80.8 cm³/mol. The molecule has 0 amide bonds. The van der Waals surface area contributed by atoms with E-state index in [2.05, 4.69) is 24.7 Å². The minimum atomic E-state index is -3.55. The van der Waals surface area contributed by atoms with E-state index >= 15 is 0 Å². The van der Waals surface area contributed by atoms with Crippen LogP contribution in [0.15, 0.2) is 31.8 Å². The van der Waals surface area contributed by atoms with Crippen LogP contribution in [0.4, 0.5) is 11.4 Å². The van der Waals surface area contributed by atoms with Crippen molar-refractivity contribution in [2.45, 2.75) is 24.8 Å². The molecule has 0 saturated heterocycles. The summed E-state index contributed by atoms with van der Waals surface area (Å²) in [5.74, 6) is 0. The molecule has 1 aromatic rings. The van der Waals surface area contributed by atoms with Crippen molar-refractivity contribution in [1.82, 2.24) is 4.31 Å². The Bertz CT molecular complexity index is 652. The molecule has 5 nitrogen and oxygen atoms in total. The second-order valence-electron chi connectivity index (χ2n) is 4.29. The molecule has 0 radical (unpaired) electrons. The lowest BCUT2D eigenvalue weighted by Crippen LogP contribution is -2.38. The third-order valence-corrected chi connectivity index (χ3v) is 5.72. The van der Waals surface area contributed by atoms with Gasteiger partial charge in [-0.05, 0) is 26.0 Å². The Morgan fingerprint density at radius 1 is 1.37 bits per heavy atom. The highest BCUT2D eigenvalue weighted by Gasteiger charge is 2.30. The fourth-order valence-corrected chi connectivity index (χ4v) is 4.86. The zero-order chi connectivity index (χ0) is 14.0. The number of rotatable bonds is 5. The van der Waals surface area contributed by atoms with Gasteiger partial charge in [0.1, 0.15) is 16.3 Å². The number of fused-ring (bicyclic) bond motifs is 1. The van der Waals surface area contributed by atoms with E-state index < -0.39 is 10.0 Å². The van der Waals surface area contributed by atoms with Crippen LogP contribution in [-0.4, -0.2) is 30.6 Å². The van der Waals surface area contributed by atoms with Crippen LogP contribution < -0.4 is 0 Å². The van der Waals surface area contributed by atoms with Crippen LogP contribution in [0, 0.1) is 0 Å². The lowest BCUT2D eigenvalue weighted by molar-refractivity contribution is 0.372. The Kier molecular flexibility index (Phi) is 4.54. The van der Waals surface area contributed by atoms with Crippen LogP contribution in [0.5, 0.6) is 0 Å². The van der Waals surface area contributed by atoms with Crippen LogP contribution in [0.2, 0.25) is 0 Å². The largest absolute Gasteiger partial charge is 0.245 e. The predicted octanol–water partition coefficient (Wildman–Crippen LogP) is 3.21. The van der Waals surface area contributed by atoms with Gasteiger partial charge in [0.25, 0.3) is 0 Å². The van der Waals surface area contributed by atoms with Crippen LogP contribution in [-0.2, 0) is 21.4 Å². The molecule has 8 heteroatoms. The van der Waals surface area contributed by atoms with Crippen LogP contribution >= 0.6 is 15.9 Å². The lowest BCUT2D eigenvalue weighted by atomic mass is 10.3. The molecule has 0 N–H and O–H groups in total. The molecule has 0 fully saturated rings. The van der Waals surface area contributed by atoms with Crippen molar-refractivity contribution < 1.29 is 8.42 Å². The molecule has 2 rings (SSSR count). The summed E-state index contributed by atoms with van der Waals surface area (Å²) < 4.78 is 35.1. The van der Waals surface area contributed by atoms with Crippen molar-refractivity contribution in [3.8, 4) is 0 Å². The van der Waals surface area contributed by atoms with Crippen molar-refractivity contribution in [2.24, 2.45) is 8.73 Å². The van der Waals surface area contributed by atoms with E-state index in [0.29, 0.717) is 23.2 Å². The van der Waals surface area contributed by atoms with Gasteiger partial charge in [0.05, 0.1) is 11.4 Å². The fraction of sp³-hybridized carbons (Fsp3) is 0.455. The zero-order valence-corrected chi connectivity index (χ0v) is 13.8. The SMILES string of the molecule is CC(C)N(CCBr)S(=O)(=O)c1cccc2c1N=S=N2. The average Bonchev–Trinajstić information content (AvgIpc) is 2.82. The summed E-state index contributed by atoms with van der Waals surface area (Å²) in [6.45, 7) is 4.15. The first kappa shape index (κ1) is 14.8. The molecule has 1 aliphatic heterocycles. The third kappa shape index (κ3) is 2.81. The van der Waals surface area contributed by atoms with Crippen molar-refractivity contribution in [2.75, 3.05) is 11.9 Å². The average molecular weight is 364 g/mol. The quantitative estimate of drug-likeness (QED) is 0.765. The molecule has 1 aromatic carbocycles. The van der Waals surface area contributed by atoms with Crippen molar-refractivity contribution >= 4 is 48.7 Å². The van der Waals surface area contributed by atoms with Gasteiger partial charge in [-0.3, -0.25) is 0 Å². The van der Waals surface area contributed by atoms with Gasteiger partial charge in [0.15, 0.2) is 0 Å². The highest BCUT2D eigenvalue weighted by molar-refractivity contribution is 9.09. The number of nitrogens with zero attached hydrogens (tertiary/aromatic N) is 3. The van der Waals surface area contributed by atoms with E-state index in [0.717, 1.165) is 11.4 Å². The maximum atomic E-state index is 12.7. The van der Waals surface area contributed by atoms with Gasteiger partial charge in [-0.25, -0.2) is 8.42 Å². The number of sulfonamides is 1. The molecule has 0 atom stereocenters. The number of hydrogen-bond acceptors (Lipinski definition) is 4. The maximum absolute atomic E-state index is 12.7. The Labute approximate surface area is 125 Å². The monoisotopic (exact) mass is 363 g/mol. The van der Waals surface area contributed by atoms with Crippen LogP contribution in [0.25, 0.3) is 0 Å². The number of hydrogen-bond donors (Lipinski definition) is 0. The summed E-state index contributed by atoms with van der Waals surface area (Å²) in [5, 5.41) is 0.593. The number of alkyl halides is 1. The van der Waals surface area contributed by atoms with Crippen molar-refractivity contribution in [3.63, 3.8) is 0 Å². The molecule has 0 spiro atoms. The minimum absolute atomic E-state index is 0.107. The highest BCUT2D eigenvalue weighted by Crippen LogP contribution is 2.38. The molecule has 0 aliphatic carbocycles. The Hall–Kier alpha value is -0.570. The van der Waals surface area contributed by atoms with Gasteiger partial charge < -0.3 is 0 Å². The molecule has 19 heavy (non-hydrogen) atoms. The van der Waals surface area contributed by atoms with Gasteiger partial charge in [0.2, 0.25) is 10.0 Å². The fourth-order valence-electron chi connectivity index (χ4n) is 1.86. The topological polar surface area (TPSA) is 62.1 Å². The Balaban J connectivity index is 2.51. The molecule has 104 valence electrons. The molecule has 0 bridgehead atoms. The van der Waals surface area contributed by atoms with Crippen LogP contribution in [0.1, 0.15) is 13.8 Å². The Morgan fingerprint density at radius 3 is 2.74 bits per heavy atom. The van der Waals surface area contributed by atoms with Gasteiger partial charge >= 0.3 is 0 Å². The summed E-state index contributed by atoms with van der Waals surface area (Å²) in [4.78, 5) is 0.230. The van der Waals surface area contributed by atoms with E-state index in [1.54, 1.807) is 18.2 Å². The summed E-state index contributed by atoms with van der Waals surface area (Å²) in [6.07, 6.45) is 0. The summed E-state index contributed by atoms with van der Waals surface area (Å²) in [7, 11) is -3.55. The lowest BCUT2D eigenvalue weighted by Gasteiger charge is -2.25. The van der Waals surface area contributed by atoms with E-state index in [4.69, 9.17) is 0 Å². The maximum Gasteiger partial charge on any atom is 0.245 e. The van der Waals surface area contributed by atoms with Gasteiger partial charge in [0, 0.05) is 17.9 Å². The van der Waals surface area contributed by atoms with Gasteiger partial charge in [-0.15, -0.1) is 0 Å². The Morgan fingerprint density at radius 2 is 2.11 bits per heavy atom. The van der Waals surface area contributed by atoms with Crippen molar-refractivity contribution in [3.05, 3.63) is 18.2 Å². The first-order valence-electron chi connectivity index (χ1n) is 5.77. The van der Waals surface area contributed by atoms with E-state index in [1.807, 2.05) is 13.8 Å². The minimum Gasteiger partial charge on any atom is -0.207 e. The molecule has 1 heterocycles. The highest BCUT2D eigenvalue weighted by atomic mass is 79.9. The molecular weight excluding hydrogens is 350 g/mol. The first-order chi connectivity index (χ1) is 8.98. The summed E-state index contributed by atoms with van der Waals surface area (Å²) in [5.41, 5.74) is 1.07. The van der Waals surface area contributed by atoms with Gasteiger partial charge in [-0.1, -0.05) is 22.0 Å². The second kappa shape index (κ2) is 5.82.